The molecule has 2 aromatic heterocycles. The van der Waals surface area contributed by atoms with E-state index in [1.54, 1.807) is 12.1 Å². The van der Waals surface area contributed by atoms with E-state index in [4.69, 9.17) is 5.14 Å². The molecule has 0 spiro atoms. The second-order valence-electron chi connectivity index (χ2n) is 7.05. The maximum Gasteiger partial charge on any atom is 0.238 e. The number of amides is 1. The van der Waals surface area contributed by atoms with Crippen molar-refractivity contribution in [1.29, 1.82) is 0 Å². The number of halogens is 1. The molecule has 0 fully saturated rings. The number of aryl methyl sites for hydroxylation is 2. The molecule has 0 radical (unpaired) electrons. The molecule has 0 saturated carbocycles. The Kier molecular flexibility index (Phi) is 5.73. The molecule has 0 aliphatic heterocycles. The minimum Gasteiger partial charge on any atom is -0.328 e. The minimum atomic E-state index is -3.83. The largest absolute Gasteiger partial charge is 0.328 e. The van der Waals surface area contributed by atoms with Gasteiger partial charge in [0.05, 0.1) is 26.1 Å². The lowest BCUT2D eigenvalue weighted by Crippen LogP contribution is -2.14. The summed E-state index contributed by atoms with van der Waals surface area (Å²) in [7, 11) is -3.83. The van der Waals surface area contributed by atoms with Gasteiger partial charge in [-0.2, -0.15) is 0 Å². The van der Waals surface area contributed by atoms with Crippen LogP contribution in [0.15, 0.2) is 41.3 Å². The van der Waals surface area contributed by atoms with Crippen molar-refractivity contribution in [1.82, 2.24) is 14.5 Å². The Morgan fingerprint density at radius 2 is 2.00 bits per heavy atom. The topological polar surface area (TPSA) is 120 Å². The third kappa shape index (κ3) is 4.58. The molecule has 0 unspecified atom stereocenters. The summed E-state index contributed by atoms with van der Waals surface area (Å²) in [6, 6.07) is 8.86. The lowest BCUT2D eigenvalue weighted by Gasteiger charge is -2.08. The zero-order valence-corrected chi connectivity index (χ0v) is 18.3. The summed E-state index contributed by atoms with van der Waals surface area (Å²) in [5.74, 6) is 0.0965. The van der Waals surface area contributed by atoms with Crippen LogP contribution in [0.25, 0.3) is 21.3 Å². The summed E-state index contributed by atoms with van der Waals surface area (Å²) in [6.45, 7) is 2.71. The molecule has 3 N–H and O–H groups in total. The number of nitrogens with zero attached hydrogens (tertiary/aromatic N) is 3. The van der Waals surface area contributed by atoms with Crippen LogP contribution in [0, 0.1) is 5.82 Å². The third-order valence-corrected chi connectivity index (χ3v) is 6.59. The first kappa shape index (κ1) is 21.3. The second kappa shape index (κ2) is 8.33. The fraction of sp³-hybridized carbons (Fsp3) is 0.250. The van der Waals surface area contributed by atoms with Crippen molar-refractivity contribution in [3.8, 4) is 0 Å². The monoisotopic (exact) mass is 461 g/mol. The average molecular weight is 462 g/mol. The second-order valence-corrected chi connectivity index (χ2v) is 9.65. The lowest BCUT2D eigenvalue weighted by molar-refractivity contribution is -0.116. The zero-order valence-electron chi connectivity index (χ0n) is 16.6. The van der Waals surface area contributed by atoms with Gasteiger partial charge in [0.1, 0.15) is 11.6 Å². The summed E-state index contributed by atoms with van der Waals surface area (Å²) >= 11 is 1.21. The Bertz CT molecular complexity index is 1390. The Balaban J connectivity index is 1.52. The quantitative estimate of drug-likeness (QED) is 0.437. The molecule has 31 heavy (non-hydrogen) atoms. The highest BCUT2D eigenvalue weighted by Gasteiger charge is 2.16. The number of carbonyl (C=O) groups excluding carboxylic acids is 1. The molecule has 8 nitrogen and oxygen atoms in total. The maximum absolute atomic E-state index is 13.3. The van der Waals surface area contributed by atoms with Crippen LogP contribution in [-0.2, 0) is 27.8 Å². The number of benzene rings is 2. The standard InChI is InChI=1S/C20H20FN5O3S2/c1-2-9-26-16-6-4-13(31(22,28)29)11-15(16)23-18(26)7-8-19(27)25-20-24-14-5-3-12(21)10-17(14)30-20/h3-6,10-11H,2,7-9H2,1H3,(H2,22,28,29)(H,24,25,27). The number of imidazole rings is 1. The van der Waals surface area contributed by atoms with E-state index >= 15 is 0 Å². The van der Waals surface area contributed by atoms with E-state index in [9.17, 15) is 17.6 Å². The highest BCUT2D eigenvalue weighted by atomic mass is 32.2. The van der Waals surface area contributed by atoms with Crippen LogP contribution in [0.3, 0.4) is 0 Å². The van der Waals surface area contributed by atoms with E-state index in [0.717, 1.165) is 11.9 Å². The molecule has 0 saturated heterocycles. The Morgan fingerprint density at radius 3 is 2.74 bits per heavy atom. The van der Waals surface area contributed by atoms with Gasteiger partial charge >= 0.3 is 0 Å². The molecule has 0 aliphatic carbocycles. The molecule has 11 heteroatoms. The van der Waals surface area contributed by atoms with E-state index in [1.807, 2.05) is 11.5 Å². The van der Waals surface area contributed by atoms with E-state index in [2.05, 4.69) is 15.3 Å². The van der Waals surface area contributed by atoms with Crippen molar-refractivity contribution in [3.63, 3.8) is 0 Å². The molecule has 0 atom stereocenters. The van der Waals surface area contributed by atoms with Crippen LogP contribution in [0.4, 0.5) is 9.52 Å². The highest BCUT2D eigenvalue weighted by molar-refractivity contribution is 7.89. The summed E-state index contributed by atoms with van der Waals surface area (Å²) in [5.41, 5.74) is 1.93. The van der Waals surface area contributed by atoms with Gasteiger partial charge in [0.2, 0.25) is 15.9 Å². The van der Waals surface area contributed by atoms with Gasteiger partial charge in [0, 0.05) is 19.4 Å². The first-order valence-electron chi connectivity index (χ1n) is 9.62. The highest BCUT2D eigenvalue weighted by Crippen LogP contribution is 2.27. The average Bonchev–Trinajstić information content (AvgIpc) is 3.25. The number of primary sulfonamides is 1. The normalized spacial score (nSPS) is 12.0. The molecule has 0 aliphatic rings. The first-order valence-corrected chi connectivity index (χ1v) is 12.0. The molecule has 0 bridgehead atoms. The van der Waals surface area contributed by atoms with Crippen molar-refractivity contribution in [3.05, 3.63) is 48.0 Å². The number of thiazole rings is 1. The van der Waals surface area contributed by atoms with Gasteiger partial charge in [-0.1, -0.05) is 18.3 Å². The van der Waals surface area contributed by atoms with Crippen molar-refractivity contribution >= 4 is 53.6 Å². The number of hydrogen-bond acceptors (Lipinski definition) is 6. The van der Waals surface area contributed by atoms with E-state index in [0.29, 0.717) is 39.7 Å². The molecule has 4 aromatic rings. The van der Waals surface area contributed by atoms with Crippen LogP contribution in [-0.4, -0.2) is 28.9 Å². The molecule has 2 aromatic carbocycles. The number of carbonyl (C=O) groups is 1. The summed E-state index contributed by atoms with van der Waals surface area (Å²) in [5, 5.41) is 8.37. The van der Waals surface area contributed by atoms with Crippen LogP contribution in [0.5, 0.6) is 0 Å². The van der Waals surface area contributed by atoms with Crippen molar-refractivity contribution < 1.29 is 17.6 Å². The van der Waals surface area contributed by atoms with Gasteiger partial charge in [-0.3, -0.25) is 4.79 Å². The molecule has 2 heterocycles. The SMILES string of the molecule is CCCn1c(CCC(=O)Nc2nc3ccc(F)cc3s2)nc2cc(S(N)(=O)=O)ccc21. The maximum atomic E-state index is 13.3. The molecule has 1 amide bonds. The number of nitrogens with one attached hydrogen (secondary N) is 1. The van der Waals surface area contributed by atoms with Gasteiger partial charge < -0.3 is 9.88 Å². The molecular weight excluding hydrogens is 441 g/mol. The fourth-order valence-corrected chi connectivity index (χ4v) is 4.80. The van der Waals surface area contributed by atoms with E-state index < -0.39 is 10.0 Å². The number of anilines is 1. The number of aromatic nitrogens is 3. The van der Waals surface area contributed by atoms with Gasteiger partial charge in [-0.15, -0.1) is 0 Å². The van der Waals surface area contributed by atoms with Crippen molar-refractivity contribution in [2.45, 2.75) is 37.6 Å². The number of rotatable bonds is 7. The lowest BCUT2D eigenvalue weighted by atomic mass is 10.2. The van der Waals surface area contributed by atoms with Gasteiger partial charge in [0.15, 0.2) is 5.13 Å². The van der Waals surface area contributed by atoms with Crippen molar-refractivity contribution in [2.75, 3.05) is 5.32 Å². The predicted octanol–water partition coefficient (Wildman–Crippen LogP) is 3.41. The smallest absolute Gasteiger partial charge is 0.238 e. The predicted molar refractivity (Wildman–Crippen MR) is 118 cm³/mol. The third-order valence-electron chi connectivity index (χ3n) is 4.75. The fourth-order valence-electron chi connectivity index (χ4n) is 3.36. The van der Waals surface area contributed by atoms with E-state index in [1.165, 1.54) is 35.6 Å². The van der Waals surface area contributed by atoms with Gasteiger partial charge in [0.25, 0.3) is 0 Å². The van der Waals surface area contributed by atoms with E-state index in [-0.39, 0.29) is 23.0 Å². The first-order chi connectivity index (χ1) is 14.7. The Hall–Kier alpha value is -2.89. The number of nitrogens with two attached hydrogens (primary N) is 1. The summed E-state index contributed by atoms with van der Waals surface area (Å²) in [6.07, 6.45) is 1.38. The Labute approximate surface area is 182 Å². The number of hydrogen-bond donors (Lipinski definition) is 2. The minimum absolute atomic E-state index is 0.00212. The summed E-state index contributed by atoms with van der Waals surface area (Å²) in [4.78, 5) is 21.3. The van der Waals surface area contributed by atoms with Crippen molar-refractivity contribution in [2.24, 2.45) is 5.14 Å². The van der Waals surface area contributed by atoms with Crippen LogP contribution < -0.4 is 10.5 Å². The molecule has 162 valence electrons. The molecule has 4 rings (SSSR count). The molecular formula is C20H20FN5O3S2. The van der Waals surface area contributed by atoms with Crippen LogP contribution >= 0.6 is 11.3 Å². The number of sulfonamides is 1. The van der Waals surface area contributed by atoms with Crippen LogP contribution in [0.2, 0.25) is 0 Å². The number of fused-ring (bicyclic) bond motifs is 2. The zero-order chi connectivity index (χ0) is 22.2. The van der Waals surface area contributed by atoms with Gasteiger partial charge in [-0.05, 0) is 42.8 Å². The van der Waals surface area contributed by atoms with Crippen LogP contribution in [0.1, 0.15) is 25.6 Å². The Morgan fingerprint density at radius 1 is 1.19 bits per heavy atom. The van der Waals surface area contributed by atoms with Gasteiger partial charge in [-0.25, -0.2) is 27.9 Å². The summed E-state index contributed by atoms with van der Waals surface area (Å²) < 4.78 is 39.2.